The summed E-state index contributed by atoms with van der Waals surface area (Å²) < 4.78 is 0. The SMILES string of the molecule is CC(C)NC(=S)NNC(=O)C(C)(C)c1ccccc1. The van der Waals surface area contributed by atoms with E-state index in [-0.39, 0.29) is 11.9 Å². The van der Waals surface area contributed by atoms with Gasteiger partial charge in [-0.3, -0.25) is 15.6 Å². The van der Waals surface area contributed by atoms with Crippen LogP contribution in [0.3, 0.4) is 0 Å². The molecule has 0 aromatic heterocycles. The van der Waals surface area contributed by atoms with Gasteiger partial charge in [0.1, 0.15) is 0 Å². The molecule has 19 heavy (non-hydrogen) atoms. The highest BCUT2D eigenvalue weighted by molar-refractivity contribution is 7.80. The highest BCUT2D eigenvalue weighted by Crippen LogP contribution is 2.22. The maximum Gasteiger partial charge on any atom is 0.248 e. The Kier molecular flexibility index (Phi) is 5.30. The Balaban J connectivity index is 2.60. The summed E-state index contributed by atoms with van der Waals surface area (Å²) >= 11 is 5.05. The van der Waals surface area contributed by atoms with Gasteiger partial charge >= 0.3 is 0 Å². The van der Waals surface area contributed by atoms with E-state index in [9.17, 15) is 4.79 Å². The molecule has 5 heteroatoms. The van der Waals surface area contributed by atoms with Gasteiger partial charge < -0.3 is 5.32 Å². The fourth-order valence-electron chi connectivity index (χ4n) is 1.55. The second-order valence-corrected chi connectivity index (χ2v) is 5.61. The largest absolute Gasteiger partial charge is 0.359 e. The first-order chi connectivity index (χ1) is 8.84. The van der Waals surface area contributed by atoms with Crippen molar-refractivity contribution in [2.45, 2.75) is 39.2 Å². The molecule has 0 heterocycles. The Hall–Kier alpha value is -1.62. The van der Waals surface area contributed by atoms with Crippen LogP contribution >= 0.6 is 12.2 Å². The summed E-state index contributed by atoms with van der Waals surface area (Å²) in [6, 6.07) is 9.86. The zero-order chi connectivity index (χ0) is 14.5. The minimum absolute atomic E-state index is 0.133. The molecule has 0 saturated carbocycles. The number of thiocarbonyl (C=S) groups is 1. The summed E-state index contributed by atoms with van der Waals surface area (Å²) in [7, 11) is 0. The van der Waals surface area contributed by atoms with Crippen molar-refractivity contribution in [2.24, 2.45) is 0 Å². The molecule has 0 atom stereocenters. The molecule has 4 nitrogen and oxygen atoms in total. The van der Waals surface area contributed by atoms with Gasteiger partial charge in [0.25, 0.3) is 0 Å². The third-order valence-corrected chi connectivity index (χ3v) is 2.99. The second-order valence-electron chi connectivity index (χ2n) is 5.20. The molecule has 1 aromatic carbocycles. The number of hydrogen-bond donors (Lipinski definition) is 3. The van der Waals surface area contributed by atoms with Gasteiger partial charge in [0, 0.05) is 6.04 Å². The number of amides is 1. The van der Waals surface area contributed by atoms with E-state index in [1.807, 2.05) is 58.0 Å². The van der Waals surface area contributed by atoms with E-state index in [1.54, 1.807) is 0 Å². The Morgan fingerprint density at radius 1 is 1.16 bits per heavy atom. The van der Waals surface area contributed by atoms with Crippen molar-refractivity contribution >= 4 is 23.2 Å². The number of rotatable bonds is 3. The number of benzene rings is 1. The van der Waals surface area contributed by atoms with Gasteiger partial charge in [0.2, 0.25) is 5.91 Å². The van der Waals surface area contributed by atoms with E-state index >= 15 is 0 Å². The number of carbonyl (C=O) groups excluding carboxylic acids is 1. The quantitative estimate of drug-likeness (QED) is 0.584. The van der Waals surface area contributed by atoms with Gasteiger partial charge in [-0.05, 0) is 45.5 Å². The zero-order valence-electron chi connectivity index (χ0n) is 11.8. The average molecular weight is 279 g/mol. The third kappa shape index (κ3) is 4.52. The van der Waals surface area contributed by atoms with E-state index in [2.05, 4.69) is 16.2 Å². The number of hydrogen-bond acceptors (Lipinski definition) is 2. The van der Waals surface area contributed by atoms with Gasteiger partial charge in [0.15, 0.2) is 5.11 Å². The molecular weight excluding hydrogens is 258 g/mol. The summed E-state index contributed by atoms with van der Waals surface area (Å²) in [6.45, 7) is 7.70. The Morgan fingerprint density at radius 3 is 2.26 bits per heavy atom. The average Bonchev–Trinajstić information content (AvgIpc) is 2.36. The lowest BCUT2D eigenvalue weighted by Crippen LogP contribution is -2.52. The first kappa shape index (κ1) is 15.4. The molecule has 0 fully saturated rings. The third-order valence-electron chi connectivity index (χ3n) is 2.77. The minimum atomic E-state index is -0.623. The molecule has 1 rings (SSSR count). The standard InChI is InChI=1S/C14H21N3OS/c1-10(2)15-13(19)17-16-12(18)14(3,4)11-8-6-5-7-9-11/h5-10H,1-4H3,(H,16,18)(H2,15,17,19). The number of nitrogens with one attached hydrogen (secondary N) is 3. The predicted octanol–water partition coefficient (Wildman–Crippen LogP) is 1.87. The van der Waals surface area contributed by atoms with Crippen LogP contribution in [0, 0.1) is 0 Å². The molecule has 0 bridgehead atoms. The van der Waals surface area contributed by atoms with Gasteiger partial charge in [-0.25, -0.2) is 0 Å². The molecule has 0 radical (unpaired) electrons. The Morgan fingerprint density at radius 2 is 1.74 bits per heavy atom. The first-order valence-electron chi connectivity index (χ1n) is 6.26. The van der Waals surface area contributed by atoms with Crippen LogP contribution in [0.4, 0.5) is 0 Å². The van der Waals surface area contributed by atoms with Crippen LogP contribution < -0.4 is 16.2 Å². The predicted molar refractivity (Wildman–Crippen MR) is 81.6 cm³/mol. The van der Waals surface area contributed by atoms with Crippen LogP contribution in [0.1, 0.15) is 33.3 Å². The lowest BCUT2D eigenvalue weighted by atomic mass is 9.84. The topological polar surface area (TPSA) is 53.2 Å². The van der Waals surface area contributed by atoms with Crippen molar-refractivity contribution < 1.29 is 4.79 Å². The molecule has 104 valence electrons. The molecule has 0 spiro atoms. The summed E-state index contributed by atoms with van der Waals surface area (Å²) in [4.78, 5) is 12.2. The van der Waals surface area contributed by atoms with E-state index in [0.29, 0.717) is 5.11 Å². The van der Waals surface area contributed by atoms with Crippen LogP contribution in [0.2, 0.25) is 0 Å². The fraction of sp³-hybridized carbons (Fsp3) is 0.429. The van der Waals surface area contributed by atoms with Crippen molar-refractivity contribution in [3.63, 3.8) is 0 Å². The van der Waals surface area contributed by atoms with E-state index in [1.165, 1.54) is 0 Å². The van der Waals surface area contributed by atoms with Crippen molar-refractivity contribution in [3.05, 3.63) is 35.9 Å². The molecule has 1 aromatic rings. The van der Waals surface area contributed by atoms with E-state index in [4.69, 9.17) is 12.2 Å². The summed E-state index contributed by atoms with van der Waals surface area (Å²) in [5.74, 6) is -0.133. The van der Waals surface area contributed by atoms with Crippen molar-refractivity contribution in [1.82, 2.24) is 16.2 Å². The normalized spacial score (nSPS) is 11.0. The second kappa shape index (κ2) is 6.52. The minimum Gasteiger partial charge on any atom is -0.359 e. The van der Waals surface area contributed by atoms with Crippen LogP contribution in [0.25, 0.3) is 0 Å². The van der Waals surface area contributed by atoms with Gasteiger partial charge in [-0.15, -0.1) is 0 Å². The van der Waals surface area contributed by atoms with Gasteiger partial charge in [0.05, 0.1) is 5.41 Å². The van der Waals surface area contributed by atoms with Crippen LogP contribution in [0.15, 0.2) is 30.3 Å². The van der Waals surface area contributed by atoms with E-state index < -0.39 is 5.41 Å². The highest BCUT2D eigenvalue weighted by Gasteiger charge is 2.29. The monoisotopic (exact) mass is 279 g/mol. The molecular formula is C14H21N3OS. The van der Waals surface area contributed by atoms with Crippen molar-refractivity contribution in [1.29, 1.82) is 0 Å². The Labute approximate surface area is 119 Å². The zero-order valence-corrected chi connectivity index (χ0v) is 12.6. The lowest BCUT2D eigenvalue weighted by molar-refractivity contribution is -0.126. The molecule has 0 aliphatic carbocycles. The van der Waals surface area contributed by atoms with Gasteiger partial charge in [-0.1, -0.05) is 30.3 Å². The number of carbonyl (C=O) groups is 1. The molecule has 0 unspecified atom stereocenters. The molecule has 1 amide bonds. The highest BCUT2D eigenvalue weighted by atomic mass is 32.1. The molecule has 0 aliphatic rings. The van der Waals surface area contributed by atoms with Crippen molar-refractivity contribution in [2.75, 3.05) is 0 Å². The summed E-state index contributed by atoms with van der Waals surface area (Å²) in [6.07, 6.45) is 0. The maximum atomic E-state index is 12.2. The van der Waals surface area contributed by atoms with Crippen LogP contribution in [-0.2, 0) is 10.2 Å². The summed E-state index contributed by atoms with van der Waals surface area (Å²) in [5.41, 5.74) is 5.68. The molecule has 0 aliphatic heterocycles. The molecule has 0 saturated heterocycles. The fourth-order valence-corrected chi connectivity index (χ4v) is 1.84. The first-order valence-corrected chi connectivity index (χ1v) is 6.67. The summed E-state index contributed by atoms with van der Waals surface area (Å²) in [5, 5.41) is 3.40. The smallest absolute Gasteiger partial charge is 0.248 e. The van der Waals surface area contributed by atoms with Gasteiger partial charge in [-0.2, -0.15) is 0 Å². The van der Waals surface area contributed by atoms with Crippen LogP contribution in [-0.4, -0.2) is 17.1 Å². The molecule has 3 N–H and O–H groups in total. The lowest BCUT2D eigenvalue weighted by Gasteiger charge is -2.25. The van der Waals surface area contributed by atoms with Crippen LogP contribution in [0.5, 0.6) is 0 Å². The Bertz CT molecular complexity index is 443. The maximum absolute atomic E-state index is 12.2. The van der Waals surface area contributed by atoms with E-state index in [0.717, 1.165) is 5.56 Å². The van der Waals surface area contributed by atoms with Crippen molar-refractivity contribution in [3.8, 4) is 0 Å². The number of hydrazine groups is 1.